The molecule has 1 amide bonds. The Bertz CT molecular complexity index is 1110. The summed E-state index contributed by atoms with van der Waals surface area (Å²) < 4.78 is 20.0. The zero-order valence-electron chi connectivity index (χ0n) is 20.3. The zero-order valence-corrected chi connectivity index (χ0v) is 21.1. The fraction of sp³-hybridized carbons (Fsp3) is 0.583. The number of nitrogens with one attached hydrogen (secondary N) is 1. The summed E-state index contributed by atoms with van der Waals surface area (Å²) in [6.07, 6.45) is 3.75. The van der Waals surface area contributed by atoms with E-state index < -0.39 is 6.10 Å². The lowest BCUT2D eigenvalue weighted by molar-refractivity contribution is 0.0208. The van der Waals surface area contributed by atoms with Crippen LogP contribution in [0.1, 0.15) is 36.7 Å². The number of hydrogen-bond donors (Lipinski definition) is 2. The van der Waals surface area contributed by atoms with Crippen LogP contribution in [0.2, 0.25) is 5.02 Å². The number of aliphatic hydroxyl groups excluding tert-OH is 1. The van der Waals surface area contributed by atoms with Gasteiger partial charge in [0.2, 0.25) is 5.75 Å². The number of piperidine rings is 1. The molecule has 0 bridgehead atoms. The highest BCUT2D eigenvalue weighted by Gasteiger charge is 2.30. The number of halogens is 1. The minimum absolute atomic E-state index is 0.0200. The van der Waals surface area contributed by atoms with Crippen LogP contribution in [0.4, 0.5) is 0 Å². The number of fused-ring (bicyclic) bond motifs is 1. The van der Waals surface area contributed by atoms with Crippen LogP contribution < -0.4 is 25.2 Å². The van der Waals surface area contributed by atoms with E-state index in [0.29, 0.717) is 56.6 Å². The highest BCUT2D eigenvalue weighted by atomic mass is 35.5. The number of methoxy groups -OCH3 is 1. The molecule has 2 aliphatic rings. The first kappa shape index (κ1) is 25.4. The second kappa shape index (κ2) is 10.9. The molecule has 2 aliphatic heterocycles. The van der Waals surface area contributed by atoms with Crippen molar-refractivity contribution in [3.05, 3.63) is 39.5 Å². The number of amides is 1. The average molecular weight is 509 g/mol. The first-order chi connectivity index (χ1) is 16.8. The maximum Gasteiger partial charge on any atom is 0.328 e. The largest absolute Gasteiger partial charge is 0.491 e. The number of hydrogen-bond acceptors (Lipinski definition) is 7. The molecule has 10 nitrogen and oxygen atoms in total. The third-order valence-corrected chi connectivity index (χ3v) is 6.87. The van der Waals surface area contributed by atoms with E-state index in [0.717, 1.165) is 13.0 Å². The third-order valence-electron chi connectivity index (χ3n) is 6.59. The molecule has 4 rings (SSSR count). The number of carbonyl (C=O) groups is 1. The molecule has 3 heterocycles. The van der Waals surface area contributed by atoms with Gasteiger partial charge in [0, 0.05) is 50.5 Å². The van der Waals surface area contributed by atoms with Crippen molar-refractivity contribution in [2.75, 3.05) is 46.5 Å². The van der Waals surface area contributed by atoms with Gasteiger partial charge in [-0.05, 0) is 32.9 Å². The van der Waals surface area contributed by atoms with Crippen LogP contribution in [0.5, 0.6) is 17.2 Å². The summed E-state index contributed by atoms with van der Waals surface area (Å²) in [4.78, 5) is 27.5. The van der Waals surface area contributed by atoms with Gasteiger partial charge in [-0.15, -0.1) is 0 Å². The van der Waals surface area contributed by atoms with Crippen LogP contribution in [-0.4, -0.2) is 77.7 Å². The second-order valence-electron chi connectivity index (χ2n) is 9.20. The smallest absolute Gasteiger partial charge is 0.328 e. The highest BCUT2D eigenvalue weighted by Crippen LogP contribution is 2.46. The molecule has 2 aromatic rings. The van der Waals surface area contributed by atoms with Crippen molar-refractivity contribution in [3.63, 3.8) is 0 Å². The summed E-state index contributed by atoms with van der Waals surface area (Å²) >= 11 is 6.29. The molecule has 35 heavy (non-hydrogen) atoms. The molecule has 0 radical (unpaired) electrons. The lowest BCUT2D eigenvalue weighted by Crippen LogP contribution is -2.48. The van der Waals surface area contributed by atoms with Crippen LogP contribution in [0, 0.1) is 5.92 Å². The molecule has 11 heteroatoms. The van der Waals surface area contributed by atoms with Crippen LogP contribution in [-0.2, 0) is 6.54 Å². The Kier molecular flexibility index (Phi) is 7.93. The summed E-state index contributed by atoms with van der Waals surface area (Å²) in [7, 11) is 1.48. The SMILES string of the molecule is COc1c(Cl)cc(C(=O)NC[C@@H]2CCN(CCn3ccn(C(C)C)c3=O)C[C@H]2O)c2c1OCCO2. The van der Waals surface area contributed by atoms with Gasteiger partial charge in [-0.3, -0.25) is 18.8 Å². The number of nitrogens with zero attached hydrogens (tertiary/aromatic N) is 3. The lowest BCUT2D eigenvalue weighted by Gasteiger charge is -2.36. The van der Waals surface area contributed by atoms with E-state index in [2.05, 4.69) is 10.2 Å². The number of rotatable bonds is 8. The van der Waals surface area contributed by atoms with Crippen molar-refractivity contribution >= 4 is 17.5 Å². The average Bonchev–Trinajstić information content (AvgIpc) is 3.22. The molecule has 192 valence electrons. The van der Waals surface area contributed by atoms with E-state index >= 15 is 0 Å². The normalized spacial score (nSPS) is 20.2. The minimum Gasteiger partial charge on any atom is -0.491 e. The van der Waals surface area contributed by atoms with E-state index in [1.165, 1.54) is 13.2 Å². The van der Waals surface area contributed by atoms with Gasteiger partial charge in [-0.1, -0.05) is 11.6 Å². The summed E-state index contributed by atoms with van der Waals surface area (Å²) in [5.74, 6) is 0.546. The Morgan fingerprint density at radius 1 is 1.26 bits per heavy atom. The van der Waals surface area contributed by atoms with Gasteiger partial charge in [-0.2, -0.15) is 0 Å². The fourth-order valence-electron chi connectivity index (χ4n) is 4.56. The van der Waals surface area contributed by atoms with Gasteiger partial charge in [0.1, 0.15) is 13.2 Å². The van der Waals surface area contributed by atoms with Crippen molar-refractivity contribution in [3.8, 4) is 17.2 Å². The van der Waals surface area contributed by atoms with Crippen LogP contribution in [0.25, 0.3) is 0 Å². The zero-order chi connectivity index (χ0) is 25.1. The van der Waals surface area contributed by atoms with Gasteiger partial charge in [0.15, 0.2) is 11.5 Å². The van der Waals surface area contributed by atoms with E-state index in [1.54, 1.807) is 21.5 Å². The molecule has 0 unspecified atom stereocenters. The third kappa shape index (κ3) is 5.44. The van der Waals surface area contributed by atoms with Gasteiger partial charge in [0.05, 0.1) is 23.8 Å². The monoisotopic (exact) mass is 508 g/mol. The number of carbonyl (C=O) groups excluding carboxylic acids is 1. The number of benzene rings is 1. The van der Waals surface area contributed by atoms with E-state index in [9.17, 15) is 14.7 Å². The van der Waals surface area contributed by atoms with Gasteiger partial charge < -0.3 is 24.6 Å². The Balaban J connectivity index is 1.31. The lowest BCUT2D eigenvalue weighted by atomic mass is 9.93. The quantitative estimate of drug-likeness (QED) is 0.559. The molecular weight excluding hydrogens is 476 g/mol. The second-order valence-corrected chi connectivity index (χ2v) is 9.60. The first-order valence-electron chi connectivity index (χ1n) is 11.9. The maximum absolute atomic E-state index is 13.0. The summed E-state index contributed by atoms with van der Waals surface area (Å²) in [6, 6.07) is 1.63. The Morgan fingerprint density at radius 2 is 2.00 bits per heavy atom. The van der Waals surface area contributed by atoms with Crippen molar-refractivity contribution < 1.29 is 24.1 Å². The Hall–Kier alpha value is -2.69. The molecule has 2 atom stereocenters. The molecule has 0 spiro atoms. The summed E-state index contributed by atoms with van der Waals surface area (Å²) in [6.45, 7) is 7.44. The minimum atomic E-state index is -0.589. The molecule has 0 saturated carbocycles. The van der Waals surface area contributed by atoms with Gasteiger partial charge >= 0.3 is 5.69 Å². The summed E-state index contributed by atoms with van der Waals surface area (Å²) in [5.41, 5.74) is 0.254. The predicted octanol–water partition coefficient (Wildman–Crippen LogP) is 1.78. The van der Waals surface area contributed by atoms with Gasteiger partial charge in [-0.25, -0.2) is 4.79 Å². The van der Waals surface area contributed by atoms with E-state index in [4.69, 9.17) is 25.8 Å². The number of likely N-dealkylation sites (tertiary alicyclic amines) is 1. The number of ether oxygens (including phenoxy) is 3. The van der Waals surface area contributed by atoms with Crippen molar-refractivity contribution in [2.24, 2.45) is 5.92 Å². The molecule has 2 N–H and O–H groups in total. The molecule has 1 fully saturated rings. The molecule has 0 aliphatic carbocycles. The number of imidazole rings is 1. The van der Waals surface area contributed by atoms with Gasteiger partial charge in [0.25, 0.3) is 5.91 Å². The first-order valence-corrected chi connectivity index (χ1v) is 12.3. The topological polar surface area (TPSA) is 107 Å². The number of aliphatic hydroxyl groups is 1. The highest BCUT2D eigenvalue weighted by molar-refractivity contribution is 6.33. The Labute approximate surface area is 209 Å². The molecular formula is C24H33ClN4O6. The van der Waals surface area contributed by atoms with E-state index in [1.807, 2.05) is 13.8 Å². The van der Waals surface area contributed by atoms with Crippen LogP contribution in [0.15, 0.2) is 23.3 Å². The Morgan fingerprint density at radius 3 is 2.66 bits per heavy atom. The maximum atomic E-state index is 13.0. The molecule has 1 aromatic heterocycles. The van der Waals surface area contributed by atoms with Crippen LogP contribution >= 0.6 is 11.6 Å². The van der Waals surface area contributed by atoms with Crippen molar-refractivity contribution in [2.45, 2.75) is 39.0 Å². The molecule has 1 aromatic carbocycles. The number of β-amino-alcohol motifs (C(OH)–C–C–N with tert-alkyl or cyclic N) is 1. The van der Waals surface area contributed by atoms with Crippen molar-refractivity contribution in [1.29, 1.82) is 0 Å². The number of aromatic nitrogens is 2. The van der Waals surface area contributed by atoms with Crippen molar-refractivity contribution in [1.82, 2.24) is 19.4 Å². The van der Waals surface area contributed by atoms with Crippen LogP contribution in [0.3, 0.4) is 0 Å². The molecule has 1 saturated heterocycles. The van der Waals surface area contributed by atoms with E-state index in [-0.39, 0.29) is 34.1 Å². The summed E-state index contributed by atoms with van der Waals surface area (Å²) in [5, 5.41) is 13.9. The fourth-order valence-corrected chi connectivity index (χ4v) is 4.83. The standard InChI is InChI=1S/C24H33ClN4O6/c1-15(2)29-9-8-28(24(29)32)7-6-27-5-4-16(19(30)14-27)13-26-23(31)17-12-18(25)21(33-3)22-20(17)34-10-11-35-22/h8-9,12,15-16,19,30H,4-7,10-11,13-14H2,1-3H3,(H,26,31)/t16-,19+/m0/s1. The predicted molar refractivity (Wildman–Crippen MR) is 131 cm³/mol.